The molecule has 0 fully saturated rings. The summed E-state index contributed by atoms with van der Waals surface area (Å²) in [6.45, 7) is 8.78. The highest BCUT2D eigenvalue weighted by Crippen LogP contribution is 2.28. The average Bonchev–Trinajstić information content (AvgIpc) is 2.82. The van der Waals surface area contributed by atoms with Crippen molar-refractivity contribution >= 4 is 5.69 Å². The van der Waals surface area contributed by atoms with Crippen LogP contribution < -0.4 is 10.2 Å². The van der Waals surface area contributed by atoms with E-state index in [0.717, 1.165) is 32.4 Å². The fourth-order valence-electron chi connectivity index (χ4n) is 3.19. The summed E-state index contributed by atoms with van der Waals surface area (Å²) >= 11 is 0. The summed E-state index contributed by atoms with van der Waals surface area (Å²) in [5.41, 5.74) is 2.71. The largest absolute Gasteiger partial charge is 0.394 e. The number of aliphatic hydroxyl groups is 1. The van der Waals surface area contributed by atoms with Gasteiger partial charge in [-0.15, -0.1) is 0 Å². The number of anilines is 1. The molecule has 1 aromatic carbocycles. The molecule has 1 aliphatic rings. The average molecular weight is 276 g/mol. The third kappa shape index (κ3) is 3.74. The number of fused-ring (bicyclic) bond motifs is 1. The van der Waals surface area contributed by atoms with E-state index in [4.69, 9.17) is 0 Å². The Balaban J connectivity index is 1.85. The molecule has 112 valence electrons. The van der Waals surface area contributed by atoms with Crippen LogP contribution in [0, 0.1) is 0 Å². The lowest BCUT2D eigenvalue weighted by Crippen LogP contribution is -2.49. The van der Waals surface area contributed by atoms with Gasteiger partial charge in [-0.3, -0.25) is 0 Å². The number of aliphatic hydroxyl groups excluding tert-OH is 1. The van der Waals surface area contributed by atoms with Crippen LogP contribution in [-0.2, 0) is 6.42 Å². The van der Waals surface area contributed by atoms with Gasteiger partial charge in [-0.05, 0) is 37.8 Å². The Bertz CT molecular complexity index is 433. The van der Waals surface area contributed by atoms with E-state index in [1.165, 1.54) is 11.3 Å². The number of benzene rings is 1. The standard InChI is InChI=1S/C17H28N2O/c1-14(2)18-17(3,13-20)10-6-11-19-12-9-15-7-4-5-8-16(15)19/h4-5,7-8,14,18,20H,6,9-13H2,1-3H3. The van der Waals surface area contributed by atoms with E-state index in [1.807, 2.05) is 0 Å². The molecule has 20 heavy (non-hydrogen) atoms. The van der Waals surface area contributed by atoms with E-state index in [0.29, 0.717) is 6.04 Å². The van der Waals surface area contributed by atoms with Crippen molar-refractivity contribution in [3.8, 4) is 0 Å². The summed E-state index contributed by atoms with van der Waals surface area (Å²) in [5, 5.41) is 13.1. The predicted molar refractivity (Wildman–Crippen MR) is 85.4 cm³/mol. The number of hydrogen-bond donors (Lipinski definition) is 2. The Kier molecular flexibility index (Phi) is 5.06. The first-order valence-electron chi connectivity index (χ1n) is 7.75. The van der Waals surface area contributed by atoms with Gasteiger partial charge in [-0.25, -0.2) is 0 Å². The van der Waals surface area contributed by atoms with Crippen molar-refractivity contribution in [1.29, 1.82) is 0 Å². The Morgan fingerprint density at radius 3 is 2.80 bits per heavy atom. The van der Waals surface area contributed by atoms with E-state index < -0.39 is 0 Å². The Morgan fingerprint density at radius 1 is 1.35 bits per heavy atom. The van der Waals surface area contributed by atoms with Gasteiger partial charge in [0.05, 0.1) is 6.61 Å². The lowest BCUT2D eigenvalue weighted by molar-refractivity contribution is 0.155. The predicted octanol–water partition coefficient (Wildman–Crippen LogP) is 2.58. The first kappa shape index (κ1) is 15.3. The first-order chi connectivity index (χ1) is 9.54. The molecule has 0 aromatic heterocycles. The molecule has 1 aromatic rings. The zero-order valence-electron chi connectivity index (χ0n) is 13.0. The van der Waals surface area contributed by atoms with Gasteiger partial charge in [0.15, 0.2) is 0 Å². The van der Waals surface area contributed by atoms with Crippen molar-refractivity contribution in [2.24, 2.45) is 0 Å². The van der Waals surface area contributed by atoms with E-state index in [2.05, 4.69) is 55.3 Å². The fourth-order valence-corrected chi connectivity index (χ4v) is 3.19. The number of para-hydroxylation sites is 1. The third-order valence-electron chi connectivity index (χ3n) is 4.13. The van der Waals surface area contributed by atoms with E-state index in [9.17, 15) is 5.11 Å². The van der Waals surface area contributed by atoms with Crippen molar-refractivity contribution in [2.45, 2.75) is 51.6 Å². The zero-order valence-corrected chi connectivity index (χ0v) is 13.0. The van der Waals surface area contributed by atoms with Crippen LogP contribution in [0.2, 0.25) is 0 Å². The zero-order chi connectivity index (χ0) is 14.6. The molecule has 1 aliphatic heterocycles. The third-order valence-corrected chi connectivity index (χ3v) is 4.13. The second kappa shape index (κ2) is 6.59. The van der Waals surface area contributed by atoms with Gasteiger partial charge in [0.2, 0.25) is 0 Å². The monoisotopic (exact) mass is 276 g/mol. The maximum Gasteiger partial charge on any atom is 0.0610 e. The van der Waals surface area contributed by atoms with E-state index in [1.54, 1.807) is 0 Å². The number of hydrogen-bond acceptors (Lipinski definition) is 3. The Morgan fingerprint density at radius 2 is 2.10 bits per heavy atom. The Labute approximate surface area is 123 Å². The molecule has 2 rings (SSSR count). The maximum atomic E-state index is 9.61. The molecule has 0 spiro atoms. The molecule has 2 N–H and O–H groups in total. The van der Waals surface area contributed by atoms with Crippen molar-refractivity contribution in [3.05, 3.63) is 29.8 Å². The van der Waals surface area contributed by atoms with Gasteiger partial charge in [0.25, 0.3) is 0 Å². The van der Waals surface area contributed by atoms with Crippen molar-refractivity contribution < 1.29 is 5.11 Å². The van der Waals surface area contributed by atoms with Gasteiger partial charge in [-0.1, -0.05) is 32.0 Å². The van der Waals surface area contributed by atoms with Crippen molar-refractivity contribution in [1.82, 2.24) is 5.32 Å². The number of nitrogens with one attached hydrogen (secondary N) is 1. The topological polar surface area (TPSA) is 35.5 Å². The number of nitrogens with zero attached hydrogens (tertiary/aromatic N) is 1. The summed E-state index contributed by atoms with van der Waals surface area (Å²) in [6.07, 6.45) is 3.27. The Hall–Kier alpha value is -1.06. The highest BCUT2D eigenvalue weighted by molar-refractivity contribution is 5.57. The van der Waals surface area contributed by atoms with Crippen molar-refractivity contribution in [3.63, 3.8) is 0 Å². The van der Waals surface area contributed by atoms with Gasteiger partial charge in [0.1, 0.15) is 0 Å². The maximum absolute atomic E-state index is 9.61. The second-order valence-electron chi connectivity index (χ2n) is 6.49. The minimum absolute atomic E-state index is 0.159. The van der Waals surface area contributed by atoms with Crippen LogP contribution in [0.1, 0.15) is 39.2 Å². The molecule has 3 nitrogen and oxygen atoms in total. The molecule has 1 atom stereocenters. The summed E-state index contributed by atoms with van der Waals surface area (Å²) in [7, 11) is 0. The molecule has 1 heterocycles. The molecule has 0 saturated heterocycles. The van der Waals surface area contributed by atoms with Crippen LogP contribution in [0.25, 0.3) is 0 Å². The van der Waals surface area contributed by atoms with Crippen LogP contribution in [0.5, 0.6) is 0 Å². The molecule has 3 heteroatoms. The van der Waals surface area contributed by atoms with E-state index >= 15 is 0 Å². The van der Waals surface area contributed by atoms with Crippen LogP contribution in [0.3, 0.4) is 0 Å². The number of rotatable bonds is 7. The smallest absolute Gasteiger partial charge is 0.0610 e. The van der Waals surface area contributed by atoms with Gasteiger partial charge in [0, 0.05) is 30.4 Å². The minimum Gasteiger partial charge on any atom is -0.394 e. The molecular formula is C17H28N2O. The highest BCUT2D eigenvalue weighted by atomic mass is 16.3. The SMILES string of the molecule is CC(C)NC(C)(CO)CCCN1CCc2ccccc21. The molecule has 0 saturated carbocycles. The normalized spacial score (nSPS) is 17.4. The summed E-state index contributed by atoms with van der Waals surface area (Å²) in [5.74, 6) is 0. The molecular weight excluding hydrogens is 248 g/mol. The van der Waals surface area contributed by atoms with Gasteiger partial charge >= 0.3 is 0 Å². The summed E-state index contributed by atoms with van der Waals surface area (Å²) in [6, 6.07) is 9.10. The molecule has 0 aliphatic carbocycles. The van der Waals surface area contributed by atoms with Gasteiger partial charge < -0.3 is 15.3 Å². The molecule has 0 radical (unpaired) electrons. The highest BCUT2D eigenvalue weighted by Gasteiger charge is 2.24. The van der Waals surface area contributed by atoms with Crippen molar-refractivity contribution in [2.75, 3.05) is 24.6 Å². The first-order valence-corrected chi connectivity index (χ1v) is 7.75. The molecule has 0 amide bonds. The van der Waals surface area contributed by atoms with E-state index in [-0.39, 0.29) is 12.1 Å². The van der Waals surface area contributed by atoms with Crippen LogP contribution in [0.15, 0.2) is 24.3 Å². The van der Waals surface area contributed by atoms with Crippen LogP contribution in [-0.4, -0.2) is 36.4 Å². The lowest BCUT2D eigenvalue weighted by Gasteiger charge is -2.32. The van der Waals surface area contributed by atoms with Crippen LogP contribution in [0.4, 0.5) is 5.69 Å². The summed E-state index contributed by atoms with van der Waals surface area (Å²) < 4.78 is 0. The lowest BCUT2D eigenvalue weighted by atomic mass is 9.95. The molecule has 1 unspecified atom stereocenters. The van der Waals surface area contributed by atoms with Gasteiger partial charge in [-0.2, -0.15) is 0 Å². The minimum atomic E-state index is -0.159. The molecule has 0 bridgehead atoms. The fraction of sp³-hybridized carbons (Fsp3) is 0.647. The second-order valence-corrected chi connectivity index (χ2v) is 6.49. The summed E-state index contributed by atoms with van der Waals surface area (Å²) in [4.78, 5) is 2.47. The quantitative estimate of drug-likeness (QED) is 0.803. The van der Waals surface area contributed by atoms with Crippen LogP contribution >= 0.6 is 0 Å².